The molecule has 2 aliphatic rings. The molecular formula is C14H19BrN2O. The Bertz CT molecular complexity index is 465. The van der Waals surface area contributed by atoms with Crippen LogP contribution in [0, 0.1) is 0 Å². The lowest BCUT2D eigenvalue weighted by Crippen LogP contribution is -2.53. The van der Waals surface area contributed by atoms with Gasteiger partial charge in [-0.25, -0.2) is 0 Å². The number of hydrogen-bond acceptors (Lipinski definition) is 3. The van der Waals surface area contributed by atoms with Crippen molar-refractivity contribution < 1.29 is 4.74 Å². The van der Waals surface area contributed by atoms with Crippen molar-refractivity contribution in [3.63, 3.8) is 0 Å². The lowest BCUT2D eigenvalue weighted by atomic mass is 9.82. The van der Waals surface area contributed by atoms with Gasteiger partial charge < -0.3 is 15.4 Å². The summed E-state index contributed by atoms with van der Waals surface area (Å²) < 4.78 is 7.38. The van der Waals surface area contributed by atoms with E-state index < -0.39 is 0 Å². The topological polar surface area (TPSA) is 38.5 Å². The molecular weight excluding hydrogens is 292 g/mol. The van der Waals surface area contributed by atoms with Gasteiger partial charge in [0.05, 0.1) is 0 Å². The number of rotatable bonds is 0. The van der Waals surface area contributed by atoms with Crippen molar-refractivity contribution in [3.8, 4) is 5.75 Å². The van der Waals surface area contributed by atoms with Crippen molar-refractivity contribution >= 4 is 15.9 Å². The van der Waals surface area contributed by atoms with Gasteiger partial charge in [0.1, 0.15) is 11.4 Å². The number of nitrogens with two attached hydrogens (primary N) is 1. The van der Waals surface area contributed by atoms with E-state index in [2.05, 4.69) is 33.9 Å². The second-order valence-corrected chi connectivity index (χ2v) is 6.53. The Hall–Kier alpha value is -0.580. The zero-order valence-corrected chi connectivity index (χ0v) is 12.2. The van der Waals surface area contributed by atoms with Crippen LogP contribution < -0.4 is 10.5 Å². The minimum Gasteiger partial charge on any atom is -0.486 e. The molecule has 2 aliphatic heterocycles. The Morgan fingerprint density at radius 3 is 3.11 bits per heavy atom. The van der Waals surface area contributed by atoms with E-state index in [-0.39, 0.29) is 11.6 Å². The Labute approximate surface area is 116 Å². The fourth-order valence-corrected chi connectivity index (χ4v) is 3.64. The lowest BCUT2D eigenvalue weighted by molar-refractivity contribution is -0.0234. The Kier molecular flexibility index (Phi) is 3.12. The molecule has 1 unspecified atom stereocenters. The molecule has 2 N–H and O–H groups in total. The molecule has 1 fully saturated rings. The summed E-state index contributed by atoms with van der Waals surface area (Å²) in [5.41, 5.74) is 7.40. The molecule has 3 nitrogen and oxygen atoms in total. The monoisotopic (exact) mass is 310 g/mol. The molecule has 1 aromatic rings. The maximum atomic E-state index is 6.35. The first-order chi connectivity index (χ1) is 8.58. The van der Waals surface area contributed by atoms with Crippen LogP contribution in [-0.4, -0.2) is 30.6 Å². The number of piperidine rings is 1. The van der Waals surface area contributed by atoms with Gasteiger partial charge in [0, 0.05) is 29.0 Å². The summed E-state index contributed by atoms with van der Waals surface area (Å²) in [4.78, 5) is 2.35. The lowest BCUT2D eigenvalue weighted by Gasteiger charge is -2.46. The van der Waals surface area contributed by atoms with Crippen molar-refractivity contribution in [1.29, 1.82) is 0 Å². The molecule has 0 aromatic heterocycles. The highest BCUT2D eigenvalue weighted by atomic mass is 79.9. The van der Waals surface area contributed by atoms with Crippen LogP contribution in [0.15, 0.2) is 22.7 Å². The van der Waals surface area contributed by atoms with Crippen LogP contribution in [0.1, 0.15) is 30.9 Å². The third kappa shape index (κ3) is 2.17. The third-order valence-corrected chi connectivity index (χ3v) is 4.51. The van der Waals surface area contributed by atoms with Crippen molar-refractivity contribution in [2.75, 3.05) is 20.1 Å². The van der Waals surface area contributed by atoms with Gasteiger partial charge in [0.15, 0.2) is 0 Å². The molecule has 0 aliphatic carbocycles. The van der Waals surface area contributed by atoms with E-state index in [4.69, 9.17) is 10.5 Å². The van der Waals surface area contributed by atoms with Crippen molar-refractivity contribution in [2.45, 2.75) is 30.9 Å². The minimum atomic E-state index is -0.0761. The molecule has 1 aromatic carbocycles. The molecule has 3 rings (SSSR count). The Morgan fingerprint density at radius 2 is 2.33 bits per heavy atom. The number of fused-ring (bicyclic) bond motifs is 1. The average Bonchev–Trinajstić information content (AvgIpc) is 2.30. The highest BCUT2D eigenvalue weighted by Gasteiger charge is 2.42. The number of ether oxygens (including phenoxy) is 1. The average molecular weight is 311 g/mol. The largest absolute Gasteiger partial charge is 0.486 e. The first-order valence-electron chi connectivity index (χ1n) is 6.51. The molecule has 0 bridgehead atoms. The van der Waals surface area contributed by atoms with Crippen molar-refractivity contribution in [1.82, 2.24) is 4.90 Å². The summed E-state index contributed by atoms with van der Waals surface area (Å²) in [6.45, 7) is 2.14. The van der Waals surface area contributed by atoms with Crippen LogP contribution in [0.25, 0.3) is 0 Å². The Balaban J connectivity index is 1.93. The van der Waals surface area contributed by atoms with Crippen LogP contribution in [-0.2, 0) is 0 Å². The number of nitrogens with zero attached hydrogens (tertiary/aromatic N) is 1. The van der Waals surface area contributed by atoms with E-state index in [1.807, 2.05) is 12.1 Å². The van der Waals surface area contributed by atoms with Crippen molar-refractivity contribution in [2.24, 2.45) is 5.73 Å². The number of benzene rings is 1. The molecule has 2 heterocycles. The van der Waals surface area contributed by atoms with Gasteiger partial charge in [0.25, 0.3) is 0 Å². The van der Waals surface area contributed by atoms with Crippen LogP contribution in [0.3, 0.4) is 0 Å². The fourth-order valence-electron chi connectivity index (χ4n) is 3.26. The first-order valence-corrected chi connectivity index (χ1v) is 7.30. The smallest absolute Gasteiger partial charge is 0.125 e. The summed E-state index contributed by atoms with van der Waals surface area (Å²) >= 11 is 3.50. The maximum Gasteiger partial charge on any atom is 0.125 e. The molecule has 0 radical (unpaired) electrons. The number of halogens is 1. The SMILES string of the molecule is CN1CCCC2(C[C@H](N)c3cc(Br)ccc3O2)C1. The van der Waals surface area contributed by atoms with E-state index in [9.17, 15) is 0 Å². The fraction of sp³-hybridized carbons (Fsp3) is 0.571. The van der Waals surface area contributed by atoms with Gasteiger partial charge >= 0.3 is 0 Å². The first kappa shape index (κ1) is 12.5. The van der Waals surface area contributed by atoms with Gasteiger partial charge in [0.2, 0.25) is 0 Å². The predicted octanol–water partition coefficient (Wildman–Crippen LogP) is 2.70. The van der Waals surface area contributed by atoms with E-state index in [0.717, 1.165) is 41.7 Å². The number of likely N-dealkylation sites (N-methyl/N-ethyl adjacent to an activating group) is 1. The molecule has 4 heteroatoms. The molecule has 0 saturated carbocycles. The summed E-state index contributed by atoms with van der Waals surface area (Å²) in [5.74, 6) is 0.965. The van der Waals surface area contributed by atoms with Gasteiger partial charge in [-0.15, -0.1) is 0 Å². The minimum absolute atomic E-state index is 0.0761. The molecule has 2 atom stereocenters. The van der Waals surface area contributed by atoms with Gasteiger partial charge in [-0.2, -0.15) is 0 Å². The highest BCUT2D eigenvalue weighted by molar-refractivity contribution is 9.10. The zero-order chi connectivity index (χ0) is 12.8. The summed E-state index contributed by atoms with van der Waals surface area (Å²) in [5, 5.41) is 0. The summed E-state index contributed by atoms with van der Waals surface area (Å²) in [7, 11) is 2.16. The zero-order valence-electron chi connectivity index (χ0n) is 10.7. The van der Waals surface area contributed by atoms with E-state index >= 15 is 0 Å². The van der Waals surface area contributed by atoms with E-state index in [0.29, 0.717) is 0 Å². The van der Waals surface area contributed by atoms with Crippen LogP contribution in [0.2, 0.25) is 0 Å². The van der Waals surface area contributed by atoms with Gasteiger partial charge in [-0.3, -0.25) is 0 Å². The maximum absolute atomic E-state index is 6.35. The highest BCUT2D eigenvalue weighted by Crippen LogP contribution is 2.43. The molecule has 1 saturated heterocycles. The molecule has 1 spiro atoms. The van der Waals surface area contributed by atoms with Crippen molar-refractivity contribution in [3.05, 3.63) is 28.2 Å². The quantitative estimate of drug-likeness (QED) is 0.800. The van der Waals surface area contributed by atoms with Crippen LogP contribution in [0.4, 0.5) is 0 Å². The second-order valence-electron chi connectivity index (χ2n) is 5.62. The predicted molar refractivity (Wildman–Crippen MR) is 75.8 cm³/mol. The van der Waals surface area contributed by atoms with Gasteiger partial charge in [-0.05, 0) is 44.6 Å². The molecule has 98 valence electrons. The standard InChI is InChI=1S/C14H19BrN2O/c1-17-6-2-5-14(9-17)8-12(16)11-7-10(15)3-4-13(11)18-14/h3-4,7,12H,2,5-6,8-9,16H2,1H3/t12-,14?/m0/s1. The van der Waals surface area contributed by atoms with Gasteiger partial charge in [-0.1, -0.05) is 15.9 Å². The summed E-state index contributed by atoms with van der Waals surface area (Å²) in [6.07, 6.45) is 3.22. The third-order valence-electron chi connectivity index (χ3n) is 4.02. The molecule has 18 heavy (non-hydrogen) atoms. The molecule has 0 amide bonds. The second kappa shape index (κ2) is 4.51. The van der Waals surface area contributed by atoms with Crippen LogP contribution >= 0.6 is 15.9 Å². The summed E-state index contributed by atoms with van der Waals surface area (Å²) in [6, 6.07) is 6.23. The van der Waals surface area contributed by atoms with E-state index in [1.165, 1.54) is 6.42 Å². The normalized spacial score (nSPS) is 32.1. The Morgan fingerprint density at radius 1 is 1.50 bits per heavy atom. The number of likely N-dealkylation sites (tertiary alicyclic amines) is 1. The number of hydrogen-bond donors (Lipinski definition) is 1. The van der Waals surface area contributed by atoms with Crippen LogP contribution in [0.5, 0.6) is 5.75 Å². The van der Waals surface area contributed by atoms with E-state index in [1.54, 1.807) is 0 Å².